The summed E-state index contributed by atoms with van der Waals surface area (Å²) in [5.41, 5.74) is 5.18. The van der Waals surface area contributed by atoms with Gasteiger partial charge in [0.1, 0.15) is 5.82 Å². The molecule has 1 fully saturated rings. The lowest BCUT2D eigenvalue weighted by atomic mass is 9.90. The van der Waals surface area contributed by atoms with Crippen molar-refractivity contribution in [2.45, 2.75) is 44.2 Å². The molecular weight excluding hydrogens is 281 g/mol. The number of nitrogens with two attached hydrogens (primary N) is 1. The predicted molar refractivity (Wildman–Crippen MR) is 73.7 cm³/mol. The largest absolute Gasteiger partial charge is 0.339 e. The van der Waals surface area contributed by atoms with E-state index in [1.807, 2.05) is 0 Å². The molecule has 0 saturated heterocycles. The third-order valence-corrected chi connectivity index (χ3v) is 4.09. The minimum absolute atomic E-state index is 0.0531. The molecule has 1 saturated carbocycles. The minimum atomic E-state index is -2.93. The average molecular weight is 300 g/mol. The molecule has 1 aromatic rings. The monoisotopic (exact) mass is 300 g/mol. The molecule has 0 bridgehead atoms. The van der Waals surface area contributed by atoms with Gasteiger partial charge in [-0.1, -0.05) is 0 Å². The highest BCUT2D eigenvalue weighted by atomic mass is 19.3. The van der Waals surface area contributed by atoms with Crippen LogP contribution in [0.1, 0.15) is 48.0 Å². The van der Waals surface area contributed by atoms with Crippen LogP contribution in [0.5, 0.6) is 0 Å². The maximum atomic E-state index is 13.3. The Morgan fingerprint density at radius 3 is 2.48 bits per heavy atom. The molecule has 116 valence electrons. The normalized spacial score (nSPS) is 22.4. The van der Waals surface area contributed by atoms with Crippen molar-refractivity contribution in [2.24, 2.45) is 5.73 Å². The first-order chi connectivity index (χ1) is 9.90. The number of carbonyl (C=O) groups excluding carboxylic acids is 1. The summed E-state index contributed by atoms with van der Waals surface area (Å²) in [6.07, 6.45) is 0.344. The number of amides is 1. The van der Waals surface area contributed by atoms with Crippen molar-refractivity contribution in [3.63, 3.8) is 0 Å². The molecular formula is C15H19F3N2O. The Bertz CT molecular complexity index is 514. The van der Waals surface area contributed by atoms with Gasteiger partial charge in [0.25, 0.3) is 12.3 Å². The number of hydrogen-bond donors (Lipinski definition) is 1. The van der Waals surface area contributed by atoms with E-state index in [0.717, 1.165) is 37.8 Å². The topological polar surface area (TPSA) is 46.3 Å². The number of carbonyl (C=O) groups is 1. The van der Waals surface area contributed by atoms with Gasteiger partial charge < -0.3 is 10.6 Å². The SMILES string of the molecule is CN(C(=O)c1ccc(F)c(C(F)F)c1)C1CCC(N)CC1. The molecule has 1 aromatic carbocycles. The zero-order chi connectivity index (χ0) is 15.6. The highest BCUT2D eigenvalue weighted by Crippen LogP contribution is 2.26. The summed E-state index contributed by atoms with van der Waals surface area (Å²) in [6.45, 7) is 0. The van der Waals surface area contributed by atoms with Gasteiger partial charge in [0.15, 0.2) is 0 Å². The van der Waals surface area contributed by atoms with Crippen molar-refractivity contribution in [3.8, 4) is 0 Å². The van der Waals surface area contributed by atoms with E-state index in [2.05, 4.69) is 0 Å². The van der Waals surface area contributed by atoms with Crippen molar-refractivity contribution in [1.29, 1.82) is 0 Å². The Morgan fingerprint density at radius 2 is 1.90 bits per heavy atom. The maximum absolute atomic E-state index is 13.3. The lowest BCUT2D eigenvalue weighted by Gasteiger charge is -2.33. The standard InChI is InChI=1S/C15H19F3N2O/c1-20(11-5-3-10(19)4-6-11)15(21)9-2-7-13(16)12(8-9)14(17)18/h2,7-8,10-11,14H,3-6,19H2,1H3. The van der Waals surface area contributed by atoms with Gasteiger partial charge in [0, 0.05) is 24.7 Å². The van der Waals surface area contributed by atoms with Crippen LogP contribution in [0.4, 0.5) is 13.2 Å². The van der Waals surface area contributed by atoms with Gasteiger partial charge in [-0.25, -0.2) is 13.2 Å². The molecule has 1 aliphatic carbocycles. The molecule has 0 spiro atoms. The van der Waals surface area contributed by atoms with Gasteiger partial charge in [-0.2, -0.15) is 0 Å². The fourth-order valence-corrected chi connectivity index (χ4v) is 2.70. The van der Waals surface area contributed by atoms with E-state index in [-0.39, 0.29) is 23.6 Å². The Balaban J connectivity index is 2.14. The van der Waals surface area contributed by atoms with Gasteiger partial charge in [-0.3, -0.25) is 4.79 Å². The average Bonchev–Trinajstić information content (AvgIpc) is 2.46. The number of benzene rings is 1. The molecule has 21 heavy (non-hydrogen) atoms. The van der Waals surface area contributed by atoms with E-state index in [1.54, 1.807) is 11.9 Å². The smallest absolute Gasteiger partial charge is 0.266 e. The Morgan fingerprint density at radius 1 is 1.29 bits per heavy atom. The van der Waals surface area contributed by atoms with Crippen LogP contribution in [0, 0.1) is 5.82 Å². The lowest BCUT2D eigenvalue weighted by molar-refractivity contribution is 0.0689. The molecule has 3 nitrogen and oxygen atoms in total. The predicted octanol–water partition coefficient (Wildman–Crippen LogP) is 3.11. The summed E-state index contributed by atoms with van der Waals surface area (Å²) in [6, 6.07) is 3.32. The number of alkyl halides is 2. The van der Waals surface area contributed by atoms with E-state index in [1.165, 1.54) is 6.07 Å². The van der Waals surface area contributed by atoms with E-state index < -0.39 is 17.8 Å². The van der Waals surface area contributed by atoms with E-state index in [9.17, 15) is 18.0 Å². The summed E-state index contributed by atoms with van der Waals surface area (Å²) in [5, 5.41) is 0. The third kappa shape index (κ3) is 3.56. The van der Waals surface area contributed by atoms with Crippen molar-refractivity contribution < 1.29 is 18.0 Å². The first kappa shape index (κ1) is 15.8. The van der Waals surface area contributed by atoms with Crippen LogP contribution in [-0.2, 0) is 0 Å². The zero-order valence-electron chi connectivity index (χ0n) is 11.9. The molecule has 1 amide bonds. The van der Waals surface area contributed by atoms with Crippen molar-refractivity contribution >= 4 is 5.91 Å². The Labute approximate surface area is 121 Å². The van der Waals surface area contributed by atoms with Crippen LogP contribution in [0.3, 0.4) is 0 Å². The molecule has 2 rings (SSSR count). The van der Waals surface area contributed by atoms with Crippen molar-refractivity contribution in [1.82, 2.24) is 4.90 Å². The van der Waals surface area contributed by atoms with Crippen LogP contribution in [-0.4, -0.2) is 29.9 Å². The van der Waals surface area contributed by atoms with E-state index in [0.29, 0.717) is 0 Å². The molecule has 0 unspecified atom stereocenters. The third-order valence-electron chi connectivity index (χ3n) is 4.09. The van der Waals surface area contributed by atoms with Gasteiger partial charge in [0.05, 0.1) is 5.56 Å². The molecule has 0 atom stereocenters. The molecule has 0 aliphatic heterocycles. The molecule has 0 heterocycles. The number of nitrogens with zero attached hydrogens (tertiary/aromatic N) is 1. The van der Waals surface area contributed by atoms with E-state index >= 15 is 0 Å². The van der Waals surface area contributed by atoms with E-state index in [4.69, 9.17) is 5.73 Å². The fourth-order valence-electron chi connectivity index (χ4n) is 2.70. The second-order valence-electron chi connectivity index (χ2n) is 5.52. The first-order valence-corrected chi connectivity index (χ1v) is 7.00. The highest BCUT2D eigenvalue weighted by Gasteiger charge is 2.26. The van der Waals surface area contributed by atoms with Crippen LogP contribution in [0.25, 0.3) is 0 Å². The Hall–Kier alpha value is -1.56. The molecule has 0 aromatic heterocycles. The zero-order valence-corrected chi connectivity index (χ0v) is 11.9. The number of halogens is 3. The highest BCUT2D eigenvalue weighted by molar-refractivity contribution is 5.94. The molecule has 0 radical (unpaired) electrons. The summed E-state index contributed by atoms with van der Waals surface area (Å²) in [4.78, 5) is 13.9. The Kier molecular flexibility index (Phi) is 4.88. The van der Waals surface area contributed by atoms with Crippen molar-refractivity contribution in [2.75, 3.05) is 7.05 Å². The summed E-state index contributed by atoms with van der Waals surface area (Å²) >= 11 is 0. The summed E-state index contributed by atoms with van der Waals surface area (Å²) in [7, 11) is 1.65. The minimum Gasteiger partial charge on any atom is -0.339 e. The maximum Gasteiger partial charge on any atom is 0.266 e. The van der Waals surface area contributed by atoms with Gasteiger partial charge >= 0.3 is 0 Å². The summed E-state index contributed by atoms with van der Waals surface area (Å²) in [5.74, 6) is -1.36. The first-order valence-electron chi connectivity index (χ1n) is 7.00. The number of rotatable bonds is 3. The van der Waals surface area contributed by atoms with Gasteiger partial charge in [0.2, 0.25) is 0 Å². The van der Waals surface area contributed by atoms with Gasteiger partial charge in [-0.15, -0.1) is 0 Å². The van der Waals surface area contributed by atoms with Crippen molar-refractivity contribution in [3.05, 3.63) is 35.1 Å². The van der Waals surface area contributed by atoms with Crippen LogP contribution in [0.15, 0.2) is 18.2 Å². The second kappa shape index (κ2) is 6.47. The number of hydrogen-bond acceptors (Lipinski definition) is 2. The molecule has 2 N–H and O–H groups in total. The van der Waals surface area contributed by atoms with Crippen LogP contribution >= 0.6 is 0 Å². The van der Waals surface area contributed by atoms with Crippen LogP contribution in [0.2, 0.25) is 0 Å². The second-order valence-corrected chi connectivity index (χ2v) is 5.52. The quantitative estimate of drug-likeness (QED) is 0.932. The molecule has 1 aliphatic rings. The summed E-state index contributed by atoms with van der Waals surface area (Å²) < 4.78 is 38.6. The fraction of sp³-hybridized carbons (Fsp3) is 0.533. The molecule has 6 heteroatoms. The van der Waals surface area contributed by atoms with Gasteiger partial charge in [-0.05, 0) is 43.9 Å². The lowest BCUT2D eigenvalue weighted by Crippen LogP contribution is -2.41. The van der Waals surface area contributed by atoms with Crippen LogP contribution < -0.4 is 5.73 Å².